The summed E-state index contributed by atoms with van der Waals surface area (Å²) in [6.45, 7) is 0.261. The number of fused-ring (bicyclic) bond motifs is 1. The Bertz CT molecular complexity index is 964. The highest BCUT2D eigenvalue weighted by atomic mass is 16.2. The normalized spacial score (nSPS) is 20.2. The Balaban J connectivity index is 1.81. The second-order valence-electron chi connectivity index (χ2n) is 7.01. The van der Waals surface area contributed by atoms with Crippen LogP contribution in [0.25, 0.3) is 0 Å². The van der Waals surface area contributed by atoms with E-state index in [0.29, 0.717) is 11.1 Å². The fraction of sp³-hybridized carbons (Fsp3) is 0.238. The van der Waals surface area contributed by atoms with E-state index in [1.807, 2.05) is 30.3 Å². The molecule has 2 heterocycles. The molecule has 1 saturated heterocycles. The predicted molar refractivity (Wildman–Crippen MR) is 99.9 cm³/mol. The van der Waals surface area contributed by atoms with Gasteiger partial charge in [0.25, 0.3) is 5.91 Å². The lowest BCUT2D eigenvalue weighted by Gasteiger charge is -2.38. The first kappa shape index (κ1) is 17.9. The number of barbiturate groups is 1. The fourth-order valence-electron chi connectivity index (χ4n) is 3.91. The third-order valence-electron chi connectivity index (χ3n) is 5.39. The minimum atomic E-state index is -1.16. The molecule has 0 unspecified atom stereocenters. The number of nitrogens with zero attached hydrogens (tertiary/aromatic N) is 3. The molecule has 2 aliphatic heterocycles. The van der Waals surface area contributed by atoms with Gasteiger partial charge in [-0.25, -0.2) is 4.79 Å². The number of benzene rings is 2. The van der Waals surface area contributed by atoms with Gasteiger partial charge in [0.2, 0.25) is 11.8 Å². The zero-order valence-corrected chi connectivity index (χ0v) is 15.5. The molecule has 2 aromatic rings. The molecular formula is C21H19N3O4. The van der Waals surface area contributed by atoms with Gasteiger partial charge in [-0.15, -0.1) is 0 Å². The Labute approximate surface area is 162 Å². The van der Waals surface area contributed by atoms with Crippen molar-refractivity contribution in [1.82, 2.24) is 14.7 Å². The van der Waals surface area contributed by atoms with E-state index in [0.717, 1.165) is 15.4 Å². The van der Waals surface area contributed by atoms with Gasteiger partial charge in [-0.3, -0.25) is 24.2 Å². The average molecular weight is 377 g/mol. The maximum atomic E-state index is 13.1. The number of hydrogen-bond donors (Lipinski definition) is 0. The van der Waals surface area contributed by atoms with Gasteiger partial charge in [0, 0.05) is 26.2 Å². The van der Waals surface area contributed by atoms with Crippen molar-refractivity contribution in [3.8, 4) is 0 Å². The average Bonchev–Trinajstić information content (AvgIpc) is 2.98. The minimum Gasteiger partial charge on any atom is -0.326 e. The van der Waals surface area contributed by atoms with Crippen LogP contribution in [0.2, 0.25) is 0 Å². The molecule has 0 spiro atoms. The molecular weight excluding hydrogens is 358 g/mol. The van der Waals surface area contributed by atoms with E-state index in [-0.39, 0.29) is 12.5 Å². The molecule has 5 amide bonds. The highest BCUT2D eigenvalue weighted by Gasteiger charge is 2.52. The van der Waals surface area contributed by atoms with Crippen molar-refractivity contribution in [3.05, 3.63) is 71.3 Å². The summed E-state index contributed by atoms with van der Waals surface area (Å²) in [4.78, 5) is 54.5. The van der Waals surface area contributed by atoms with E-state index >= 15 is 0 Å². The second-order valence-corrected chi connectivity index (χ2v) is 7.01. The van der Waals surface area contributed by atoms with Crippen molar-refractivity contribution in [2.45, 2.75) is 12.6 Å². The summed E-state index contributed by atoms with van der Waals surface area (Å²) in [6, 6.07) is 15.0. The van der Waals surface area contributed by atoms with Gasteiger partial charge in [-0.1, -0.05) is 48.5 Å². The fourth-order valence-corrected chi connectivity index (χ4v) is 3.91. The molecule has 28 heavy (non-hydrogen) atoms. The van der Waals surface area contributed by atoms with Gasteiger partial charge in [-0.05, 0) is 17.2 Å². The van der Waals surface area contributed by atoms with Crippen molar-refractivity contribution in [2.75, 3.05) is 14.1 Å². The minimum absolute atomic E-state index is 0.229. The molecule has 2 aliphatic rings. The van der Waals surface area contributed by atoms with E-state index in [1.54, 1.807) is 29.2 Å². The van der Waals surface area contributed by atoms with Crippen LogP contribution in [-0.2, 0) is 16.1 Å². The number of rotatable bonds is 3. The number of amides is 5. The van der Waals surface area contributed by atoms with Crippen LogP contribution in [0.3, 0.4) is 0 Å². The second kappa shape index (κ2) is 6.60. The van der Waals surface area contributed by atoms with Crippen molar-refractivity contribution >= 4 is 23.8 Å². The van der Waals surface area contributed by atoms with Crippen molar-refractivity contribution < 1.29 is 19.2 Å². The molecule has 142 valence electrons. The van der Waals surface area contributed by atoms with Gasteiger partial charge in [0.05, 0.1) is 6.04 Å². The Morgan fingerprint density at radius 3 is 2.00 bits per heavy atom. The number of imide groups is 2. The van der Waals surface area contributed by atoms with Crippen LogP contribution >= 0.6 is 0 Å². The molecule has 0 saturated carbocycles. The third kappa shape index (κ3) is 2.58. The van der Waals surface area contributed by atoms with Gasteiger partial charge in [0.15, 0.2) is 0 Å². The lowest BCUT2D eigenvalue weighted by molar-refractivity contribution is -0.150. The first-order chi connectivity index (χ1) is 13.4. The zero-order chi connectivity index (χ0) is 20.0. The molecule has 7 nitrogen and oxygen atoms in total. The van der Waals surface area contributed by atoms with Gasteiger partial charge >= 0.3 is 6.03 Å². The summed E-state index contributed by atoms with van der Waals surface area (Å²) in [5.41, 5.74) is 2.00. The number of hydrogen-bond acceptors (Lipinski definition) is 4. The Kier molecular flexibility index (Phi) is 4.22. The monoisotopic (exact) mass is 377 g/mol. The summed E-state index contributed by atoms with van der Waals surface area (Å²) >= 11 is 0. The van der Waals surface area contributed by atoms with Gasteiger partial charge in [-0.2, -0.15) is 0 Å². The molecule has 0 aromatic heterocycles. The van der Waals surface area contributed by atoms with Crippen LogP contribution in [0.15, 0.2) is 54.6 Å². The quantitative estimate of drug-likeness (QED) is 0.767. The van der Waals surface area contributed by atoms with Crippen molar-refractivity contribution in [1.29, 1.82) is 0 Å². The van der Waals surface area contributed by atoms with Crippen LogP contribution in [0.5, 0.6) is 0 Å². The molecule has 0 radical (unpaired) electrons. The van der Waals surface area contributed by atoms with Crippen LogP contribution in [0, 0.1) is 5.92 Å². The molecule has 1 fully saturated rings. The maximum absolute atomic E-state index is 13.1. The first-order valence-corrected chi connectivity index (χ1v) is 8.94. The SMILES string of the molecule is CN1C(=O)C([C@H]2c3ccccc3C(=O)N2Cc2ccccc2)C(=O)N(C)C1=O. The largest absolute Gasteiger partial charge is 0.332 e. The Morgan fingerprint density at radius 1 is 0.786 bits per heavy atom. The highest BCUT2D eigenvalue weighted by molar-refractivity contribution is 6.17. The summed E-state index contributed by atoms with van der Waals surface area (Å²) in [5, 5.41) is 0. The lowest BCUT2D eigenvalue weighted by Crippen LogP contribution is -2.59. The van der Waals surface area contributed by atoms with Crippen LogP contribution in [0.1, 0.15) is 27.5 Å². The van der Waals surface area contributed by atoms with Crippen LogP contribution in [-0.4, -0.2) is 52.5 Å². The summed E-state index contributed by atoms with van der Waals surface area (Å²) in [7, 11) is 2.70. The topological polar surface area (TPSA) is 78.0 Å². The number of urea groups is 1. The summed E-state index contributed by atoms with van der Waals surface area (Å²) in [5.74, 6) is -2.59. The van der Waals surface area contributed by atoms with E-state index in [9.17, 15) is 19.2 Å². The molecule has 0 N–H and O–H groups in total. The van der Waals surface area contributed by atoms with E-state index in [4.69, 9.17) is 0 Å². The molecule has 0 aliphatic carbocycles. The third-order valence-corrected chi connectivity index (χ3v) is 5.39. The molecule has 1 atom stereocenters. The van der Waals surface area contributed by atoms with Gasteiger partial charge in [0.1, 0.15) is 5.92 Å². The van der Waals surface area contributed by atoms with E-state index < -0.39 is 29.8 Å². The zero-order valence-electron chi connectivity index (χ0n) is 15.5. The lowest BCUT2D eigenvalue weighted by atomic mass is 9.89. The number of carbonyl (C=O) groups is 4. The van der Waals surface area contributed by atoms with Gasteiger partial charge < -0.3 is 4.90 Å². The smallest absolute Gasteiger partial charge is 0.326 e. The standard InChI is InChI=1S/C21H19N3O4/c1-22-19(26)16(20(27)23(2)21(22)28)17-14-10-6-7-11-15(14)18(25)24(17)12-13-8-4-3-5-9-13/h3-11,16-17H,12H2,1-2H3/t17-/m1/s1. The summed E-state index contributed by atoms with van der Waals surface area (Å²) < 4.78 is 0. The maximum Gasteiger partial charge on any atom is 0.332 e. The Morgan fingerprint density at radius 2 is 1.36 bits per heavy atom. The molecule has 7 heteroatoms. The van der Waals surface area contributed by atoms with Crippen molar-refractivity contribution in [3.63, 3.8) is 0 Å². The molecule has 0 bridgehead atoms. The van der Waals surface area contributed by atoms with E-state index in [2.05, 4.69) is 0 Å². The van der Waals surface area contributed by atoms with Crippen LogP contribution < -0.4 is 0 Å². The first-order valence-electron chi connectivity index (χ1n) is 8.94. The predicted octanol–water partition coefficient (Wildman–Crippen LogP) is 2.05. The van der Waals surface area contributed by atoms with E-state index in [1.165, 1.54) is 14.1 Å². The molecule has 4 rings (SSSR count). The number of carbonyl (C=O) groups excluding carboxylic acids is 4. The van der Waals surface area contributed by atoms with Crippen LogP contribution in [0.4, 0.5) is 4.79 Å². The Hall–Kier alpha value is -3.48. The molecule has 2 aromatic carbocycles. The highest BCUT2D eigenvalue weighted by Crippen LogP contribution is 2.42. The summed E-state index contributed by atoms with van der Waals surface area (Å²) in [6.07, 6.45) is 0. The van der Waals surface area contributed by atoms with Crippen molar-refractivity contribution in [2.24, 2.45) is 5.92 Å².